The summed E-state index contributed by atoms with van der Waals surface area (Å²) in [6.07, 6.45) is 1.72. The van der Waals surface area contributed by atoms with Gasteiger partial charge in [-0.25, -0.2) is 0 Å². The van der Waals surface area contributed by atoms with E-state index < -0.39 is 0 Å². The lowest BCUT2D eigenvalue weighted by atomic mass is 10.4. The summed E-state index contributed by atoms with van der Waals surface area (Å²) in [7, 11) is 0. The van der Waals surface area contributed by atoms with Crippen molar-refractivity contribution in [1.29, 1.82) is 0 Å². The first-order valence-electron chi connectivity index (χ1n) is 2.88. The van der Waals surface area contributed by atoms with Gasteiger partial charge in [0.1, 0.15) is 0 Å². The van der Waals surface area contributed by atoms with E-state index in [9.17, 15) is 4.79 Å². The molecular weight excluding hydrogens is 146 g/mol. The Balaban J connectivity index is 2.50. The summed E-state index contributed by atoms with van der Waals surface area (Å²) in [5, 5.41) is 0. The molecule has 0 aromatic carbocycles. The van der Waals surface area contributed by atoms with Crippen LogP contribution in [0.1, 0.15) is 5.69 Å². The minimum Gasteiger partial charge on any atom is -0.291 e. The molecule has 2 nitrogen and oxygen atoms in total. The number of rotatable bonds is 3. The van der Waals surface area contributed by atoms with Crippen molar-refractivity contribution in [3.63, 3.8) is 0 Å². The van der Waals surface area contributed by atoms with Crippen LogP contribution in [0, 0.1) is 0 Å². The zero-order valence-electron chi connectivity index (χ0n) is 5.36. The second-order valence-corrected chi connectivity index (χ2v) is 2.54. The molecule has 0 amide bonds. The normalized spacial score (nSPS) is 9.20. The van der Waals surface area contributed by atoms with E-state index in [0.717, 1.165) is 11.3 Å². The smallest absolute Gasteiger partial charge is 0.176 e. The van der Waals surface area contributed by atoms with Gasteiger partial charge in [-0.2, -0.15) is 0 Å². The van der Waals surface area contributed by atoms with Gasteiger partial charge in [0.15, 0.2) is 5.62 Å². The van der Waals surface area contributed by atoms with Crippen LogP contribution in [0.5, 0.6) is 0 Å². The molecule has 0 atom stereocenters. The third-order valence-corrected chi connectivity index (χ3v) is 1.62. The maximum Gasteiger partial charge on any atom is 0.176 e. The number of carbonyl (C=O) groups is 1. The van der Waals surface area contributed by atoms with Gasteiger partial charge >= 0.3 is 0 Å². The number of hydrogen-bond donors (Lipinski definition) is 0. The van der Waals surface area contributed by atoms with Gasteiger partial charge in [0.05, 0.1) is 5.69 Å². The first kappa shape index (κ1) is 7.28. The Labute approximate surface area is 63.7 Å². The highest BCUT2D eigenvalue weighted by Crippen LogP contribution is 2.04. The van der Waals surface area contributed by atoms with Gasteiger partial charge in [-0.15, -0.1) is 0 Å². The predicted octanol–water partition coefficient (Wildman–Crippen LogP) is 1.51. The zero-order chi connectivity index (χ0) is 7.23. The van der Waals surface area contributed by atoms with Crippen LogP contribution in [0.15, 0.2) is 24.4 Å². The second kappa shape index (κ2) is 4.06. The minimum atomic E-state index is 0.671. The fourth-order valence-electron chi connectivity index (χ4n) is 0.603. The van der Waals surface area contributed by atoms with Crippen molar-refractivity contribution in [2.24, 2.45) is 0 Å². The Hall–Kier alpha value is -0.830. The molecule has 0 aliphatic heterocycles. The molecule has 0 bridgehead atoms. The Morgan fingerprint density at radius 1 is 1.60 bits per heavy atom. The monoisotopic (exact) mass is 153 g/mol. The summed E-state index contributed by atoms with van der Waals surface area (Å²) >= 11 is 1.22. The average molecular weight is 153 g/mol. The fourth-order valence-corrected chi connectivity index (χ4v) is 1.01. The molecule has 1 heterocycles. The van der Waals surface area contributed by atoms with Gasteiger partial charge in [0.2, 0.25) is 0 Å². The van der Waals surface area contributed by atoms with Crippen LogP contribution in [0.4, 0.5) is 0 Å². The fraction of sp³-hybridized carbons (Fsp3) is 0.143. The highest BCUT2D eigenvalue weighted by Gasteiger charge is 1.89. The summed E-state index contributed by atoms with van der Waals surface area (Å²) in [6, 6.07) is 5.67. The molecule has 0 unspecified atom stereocenters. The second-order valence-electron chi connectivity index (χ2n) is 1.73. The van der Waals surface area contributed by atoms with Crippen LogP contribution in [0.3, 0.4) is 0 Å². The third kappa shape index (κ3) is 2.19. The Morgan fingerprint density at radius 3 is 3.10 bits per heavy atom. The highest BCUT2D eigenvalue weighted by atomic mass is 32.2. The topological polar surface area (TPSA) is 30.0 Å². The molecule has 10 heavy (non-hydrogen) atoms. The van der Waals surface area contributed by atoms with E-state index in [1.165, 1.54) is 11.8 Å². The molecule has 0 aliphatic rings. The van der Waals surface area contributed by atoms with Gasteiger partial charge in [-0.05, 0) is 12.1 Å². The van der Waals surface area contributed by atoms with Crippen LogP contribution >= 0.6 is 11.8 Å². The Kier molecular flexibility index (Phi) is 2.96. The zero-order valence-corrected chi connectivity index (χ0v) is 6.17. The summed E-state index contributed by atoms with van der Waals surface area (Å²) in [6.45, 7) is 0. The van der Waals surface area contributed by atoms with Crippen molar-refractivity contribution in [3.05, 3.63) is 30.1 Å². The molecule has 1 rings (SSSR count). The number of aromatic nitrogens is 1. The first-order valence-corrected chi connectivity index (χ1v) is 3.93. The largest absolute Gasteiger partial charge is 0.291 e. The van der Waals surface area contributed by atoms with Crippen LogP contribution in [-0.2, 0) is 10.5 Å². The standard InChI is InChI=1S/C7H7NOS/c9-6-10-5-7-3-1-2-4-8-7/h1-4,6H,5H2. The molecule has 1 aromatic rings. The van der Waals surface area contributed by atoms with Gasteiger partial charge in [-0.1, -0.05) is 17.8 Å². The van der Waals surface area contributed by atoms with E-state index in [4.69, 9.17) is 0 Å². The van der Waals surface area contributed by atoms with Crippen LogP contribution in [-0.4, -0.2) is 10.6 Å². The molecule has 1 aromatic heterocycles. The van der Waals surface area contributed by atoms with Crippen molar-refractivity contribution in [1.82, 2.24) is 4.98 Å². The number of nitrogens with zero attached hydrogens (tertiary/aromatic N) is 1. The quantitative estimate of drug-likeness (QED) is 0.616. The molecule has 0 radical (unpaired) electrons. The van der Waals surface area contributed by atoms with Gasteiger partial charge in [-0.3, -0.25) is 9.78 Å². The van der Waals surface area contributed by atoms with Crippen molar-refractivity contribution in [2.45, 2.75) is 5.75 Å². The maximum absolute atomic E-state index is 9.91. The molecular formula is C7H7NOS. The number of pyridine rings is 1. The number of carbonyl (C=O) groups excluding carboxylic acids is 1. The molecule has 52 valence electrons. The van der Waals surface area contributed by atoms with Crippen LogP contribution < -0.4 is 0 Å². The van der Waals surface area contributed by atoms with Crippen LogP contribution in [0.2, 0.25) is 0 Å². The van der Waals surface area contributed by atoms with E-state index in [1.807, 2.05) is 18.2 Å². The SMILES string of the molecule is O=CSCc1ccccn1. The van der Waals surface area contributed by atoms with E-state index in [-0.39, 0.29) is 0 Å². The Morgan fingerprint density at radius 2 is 2.50 bits per heavy atom. The Bertz CT molecular complexity index is 200. The summed E-state index contributed by atoms with van der Waals surface area (Å²) in [5.74, 6) is 0.671. The predicted molar refractivity (Wildman–Crippen MR) is 42.3 cm³/mol. The van der Waals surface area contributed by atoms with Crippen molar-refractivity contribution >= 4 is 17.4 Å². The highest BCUT2D eigenvalue weighted by molar-refractivity contribution is 8.11. The molecule has 0 fully saturated rings. The lowest BCUT2D eigenvalue weighted by molar-refractivity contribution is 0.570. The lowest BCUT2D eigenvalue weighted by Crippen LogP contribution is -1.83. The summed E-state index contributed by atoms with van der Waals surface area (Å²) in [5.41, 5.74) is 1.77. The van der Waals surface area contributed by atoms with Crippen molar-refractivity contribution in [2.75, 3.05) is 0 Å². The van der Waals surface area contributed by atoms with Crippen LogP contribution in [0.25, 0.3) is 0 Å². The maximum atomic E-state index is 9.91. The van der Waals surface area contributed by atoms with Gasteiger partial charge in [0.25, 0.3) is 0 Å². The third-order valence-electron chi connectivity index (χ3n) is 1.03. The van der Waals surface area contributed by atoms with E-state index >= 15 is 0 Å². The van der Waals surface area contributed by atoms with Gasteiger partial charge in [0, 0.05) is 11.9 Å². The van der Waals surface area contributed by atoms with E-state index in [2.05, 4.69) is 4.98 Å². The average Bonchev–Trinajstić information content (AvgIpc) is 2.03. The van der Waals surface area contributed by atoms with E-state index in [1.54, 1.807) is 6.20 Å². The lowest BCUT2D eigenvalue weighted by Gasteiger charge is -1.91. The number of thioether (sulfide) groups is 1. The minimum absolute atomic E-state index is 0.671. The summed E-state index contributed by atoms with van der Waals surface area (Å²) < 4.78 is 0. The molecule has 0 saturated heterocycles. The van der Waals surface area contributed by atoms with Gasteiger partial charge < -0.3 is 0 Å². The molecule has 0 spiro atoms. The van der Waals surface area contributed by atoms with Crippen molar-refractivity contribution in [3.8, 4) is 0 Å². The molecule has 0 saturated carbocycles. The molecule has 0 aliphatic carbocycles. The van der Waals surface area contributed by atoms with E-state index in [0.29, 0.717) is 5.75 Å². The summed E-state index contributed by atoms with van der Waals surface area (Å²) in [4.78, 5) is 13.9. The van der Waals surface area contributed by atoms with Crippen molar-refractivity contribution < 1.29 is 4.79 Å². The molecule has 0 N–H and O–H groups in total. The number of hydrogen-bond acceptors (Lipinski definition) is 3. The first-order chi connectivity index (χ1) is 4.93. The molecule has 3 heteroatoms.